The van der Waals surface area contributed by atoms with Gasteiger partial charge in [0.2, 0.25) is 5.91 Å². The predicted molar refractivity (Wildman–Crippen MR) is 93.5 cm³/mol. The Morgan fingerprint density at radius 2 is 1.92 bits per heavy atom. The Kier molecular flexibility index (Phi) is 5.16. The van der Waals surface area contributed by atoms with Crippen LogP contribution in [0.1, 0.15) is 46.8 Å². The molecule has 0 atom stereocenters. The molecule has 1 aromatic carbocycles. The van der Waals surface area contributed by atoms with Gasteiger partial charge in [-0.3, -0.25) is 9.48 Å². The van der Waals surface area contributed by atoms with E-state index in [1.807, 2.05) is 35.0 Å². The lowest BCUT2D eigenvalue weighted by Crippen LogP contribution is -2.38. The first-order valence-corrected chi connectivity index (χ1v) is 8.63. The van der Waals surface area contributed by atoms with Crippen molar-refractivity contribution in [2.24, 2.45) is 7.05 Å². The number of aromatic nitrogens is 2. The molecule has 6 nitrogen and oxygen atoms in total. The summed E-state index contributed by atoms with van der Waals surface area (Å²) in [5, 5.41) is 13.4. The Labute approximate surface area is 147 Å². The highest BCUT2D eigenvalue weighted by atomic mass is 16.4. The van der Waals surface area contributed by atoms with Crippen LogP contribution in [0.25, 0.3) is 0 Å². The number of carboxylic acid groups (broad SMARTS) is 1. The van der Waals surface area contributed by atoms with Crippen molar-refractivity contribution in [3.05, 3.63) is 53.3 Å². The van der Waals surface area contributed by atoms with Crippen LogP contribution >= 0.6 is 0 Å². The van der Waals surface area contributed by atoms with Crippen molar-refractivity contribution >= 4 is 11.9 Å². The minimum atomic E-state index is -0.944. The number of aryl methyl sites for hydroxylation is 2. The van der Waals surface area contributed by atoms with Crippen LogP contribution in [-0.2, 0) is 18.3 Å². The third kappa shape index (κ3) is 3.90. The van der Waals surface area contributed by atoms with E-state index in [2.05, 4.69) is 5.10 Å². The van der Waals surface area contributed by atoms with E-state index in [4.69, 9.17) is 0 Å². The number of hydrogen-bond acceptors (Lipinski definition) is 3. The van der Waals surface area contributed by atoms with Gasteiger partial charge in [-0.05, 0) is 37.0 Å². The zero-order valence-electron chi connectivity index (χ0n) is 14.4. The zero-order valence-corrected chi connectivity index (χ0v) is 14.4. The van der Waals surface area contributed by atoms with E-state index in [1.54, 1.807) is 18.2 Å². The van der Waals surface area contributed by atoms with Crippen molar-refractivity contribution in [2.45, 2.75) is 31.6 Å². The standard InChI is InChI=1S/C19H23N3O3/c1-21-17(8-11-20-21)15-9-12-22(13-10-15)18(23)7-6-14-4-2-3-5-16(14)19(24)25/h2-5,8,11,15H,6-7,9-10,12-13H2,1H3,(H,24,25). The highest BCUT2D eigenvalue weighted by molar-refractivity contribution is 5.89. The molecule has 1 N–H and O–H groups in total. The number of likely N-dealkylation sites (tertiary alicyclic amines) is 1. The van der Waals surface area contributed by atoms with Crippen molar-refractivity contribution in [1.82, 2.24) is 14.7 Å². The highest BCUT2D eigenvalue weighted by Gasteiger charge is 2.25. The Hall–Kier alpha value is -2.63. The number of amides is 1. The lowest BCUT2D eigenvalue weighted by molar-refractivity contribution is -0.132. The van der Waals surface area contributed by atoms with Gasteiger partial charge in [0, 0.05) is 44.4 Å². The second-order valence-corrected chi connectivity index (χ2v) is 6.50. The minimum Gasteiger partial charge on any atom is -0.478 e. The van der Waals surface area contributed by atoms with Gasteiger partial charge in [0.15, 0.2) is 0 Å². The number of carboxylic acids is 1. The lowest BCUT2D eigenvalue weighted by atomic mass is 9.93. The van der Waals surface area contributed by atoms with Gasteiger partial charge in [0.05, 0.1) is 5.56 Å². The van der Waals surface area contributed by atoms with E-state index in [-0.39, 0.29) is 11.5 Å². The van der Waals surface area contributed by atoms with Crippen LogP contribution in [0.4, 0.5) is 0 Å². The maximum absolute atomic E-state index is 12.5. The number of benzene rings is 1. The van der Waals surface area contributed by atoms with Crippen LogP contribution in [0.5, 0.6) is 0 Å². The minimum absolute atomic E-state index is 0.101. The van der Waals surface area contributed by atoms with E-state index in [0.717, 1.165) is 25.9 Å². The molecular formula is C19H23N3O3. The topological polar surface area (TPSA) is 75.4 Å². The number of aromatic carboxylic acids is 1. The van der Waals surface area contributed by atoms with E-state index in [1.165, 1.54) is 5.69 Å². The summed E-state index contributed by atoms with van der Waals surface area (Å²) in [6.07, 6.45) is 4.50. The van der Waals surface area contributed by atoms with Gasteiger partial charge in [-0.25, -0.2) is 4.79 Å². The van der Waals surface area contributed by atoms with Gasteiger partial charge in [0.25, 0.3) is 0 Å². The SMILES string of the molecule is Cn1nccc1C1CCN(C(=O)CCc2ccccc2C(=O)O)CC1. The summed E-state index contributed by atoms with van der Waals surface area (Å²) in [6.45, 7) is 1.49. The Morgan fingerprint density at radius 3 is 2.56 bits per heavy atom. The summed E-state index contributed by atoms with van der Waals surface area (Å²) in [4.78, 5) is 25.6. The number of rotatable bonds is 5. The molecule has 1 aromatic heterocycles. The first-order valence-electron chi connectivity index (χ1n) is 8.63. The molecule has 1 aliphatic rings. The molecular weight excluding hydrogens is 318 g/mol. The fraction of sp³-hybridized carbons (Fsp3) is 0.421. The number of carbonyl (C=O) groups excluding carboxylic acids is 1. The first kappa shape index (κ1) is 17.2. The molecule has 0 unspecified atom stereocenters. The van der Waals surface area contributed by atoms with Gasteiger partial charge in [-0.15, -0.1) is 0 Å². The van der Waals surface area contributed by atoms with Crippen molar-refractivity contribution in [3.8, 4) is 0 Å². The van der Waals surface area contributed by atoms with Gasteiger partial charge in [-0.2, -0.15) is 5.10 Å². The number of piperidine rings is 1. The van der Waals surface area contributed by atoms with Crippen LogP contribution in [0, 0.1) is 0 Å². The van der Waals surface area contributed by atoms with Crippen LogP contribution < -0.4 is 0 Å². The molecule has 0 bridgehead atoms. The fourth-order valence-electron chi connectivity index (χ4n) is 3.56. The normalized spacial score (nSPS) is 15.3. The van der Waals surface area contributed by atoms with Crippen molar-refractivity contribution < 1.29 is 14.7 Å². The molecule has 2 heterocycles. The monoisotopic (exact) mass is 341 g/mol. The summed E-state index contributed by atoms with van der Waals surface area (Å²) in [6, 6.07) is 8.93. The molecule has 3 rings (SSSR count). The maximum Gasteiger partial charge on any atom is 0.335 e. The lowest BCUT2D eigenvalue weighted by Gasteiger charge is -2.32. The molecule has 1 amide bonds. The third-order valence-electron chi connectivity index (χ3n) is 4.98. The van der Waals surface area contributed by atoms with Crippen LogP contribution in [0.3, 0.4) is 0 Å². The number of hydrogen-bond donors (Lipinski definition) is 1. The van der Waals surface area contributed by atoms with Crippen molar-refractivity contribution in [2.75, 3.05) is 13.1 Å². The average molecular weight is 341 g/mol. The van der Waals surface area contributed by atoms with Gasteiger partial charge < -0.3 is 10.0 Å². The van der Waals surface area contributed by atoms with Crippen molar-refractivity contribution in [3.63, 3.8) is 0 Å². The Bertz CT molecular complexity index is 761. The predicted octanol–water partition coefficient (Wildman–Crippen LogP) is 2.46. The molecule has 0 radical (unpaired) electrons. The molecule has 25 heavy (non-hydrogen) atoms. The second kappa shape index (κ2) is 7.51. The highest BCUT2D eigenvalue weighted by Crippen LogP contribution is 2.27. The van der Waals surface area contributed by atoms with Crippen LogP contribution in [0.2, 0.25) is 0 Å². The largest absolute Gasteiger partial charge is 0.478 e. The molecule has 132 valence electrons. The maximum atomic E-state index is 12.5. The van der Waals surface area contributed by atoms with Crippen LogP contribution in [-0.4, -0.2) is 44.8 Å². The third-order valence-corrected chi connectivity index (χ3v) is 4.98. The molecule has 2 aromatic rings. The summed E-state index contributed by atoms with van der Waals surface area (Å²) >= 11 is 0. The molecule has 1 fully saturated rings. The molecule has 0 saturated carbocycles. The molecule has 0 spiro atoms. The first-order chi connectivity index (χ1) is 12.1. The summed E-state index contributed by atoms with van der Waals surface area (Å²) in [5.74, 6) is -0.395. The molecule has 0 aliphatic carbocycles. The van der Waals surface area contributed by atoms with E-state index in [0.29, 0.717) is 24.3 Å². The van der Waals surface area contributed by atoms with Gasteiger partial charge in [-0.1, -0.05) is 18.2 Å². The Balaban J connectivity index is 1.54. The van der Waals surface area contributed by atoms with E-state index in [9.17, 15) is 14.7 Å². The van der Waals surface area contributed by atoms with Crippen molar-refractivity contribution in [1.29, 1.82) is 0 Å². The average Bonchev–Trinajstić information content (AvgIpc) is 3.06. The van der Waals surface area contributed by atoms with Gasteiger partial charge in [0.1, 0.15) is 0 Å². The smallest absolute Gasteiger partial charge is 0.335 e. The number of nitrogens with zero attached hydrogens (tertiary/aromatic N) is 3. The summed E-state index contributed by atoms with van der Waals surface area (Å²) in [5.41, 5.74) is 2.22. The van der Waals surface area contributed by atoms with Gasteiger partial charge >= 0.3 is 5.97 Å². The zero-order chi connectivity index (χ0) is 17.8. The summed E-state index contributed by atoms with van der Waals surface area (Å²) < 4.78 is 1.91. The van der Waals surface area contributed by atoms with Crippen LogP contribution in [0.15, 0.2) is 36.5 Å². The number of carbonyl (C=O) groups is 2. The molecule has 6 heteroatoms. The summed E-state index contributed by atoms with van der Waals surface area (Å²) in [7, 11) is 1.95. The Morgan fingerprint density at radius 1 is 1.20 bits per heavy atom. The fourth-order valence-corrected chi connectivity index (χ4v) is 3.56. The van der Waals surface area contributed by atoms with E-state index >= 15 is 0 Å². The molecule has 1 saturated heterocycles. The second-order valence-electron chi connectivity index (χ2n) is 6.50. The molecule has 1 aliphatic heterocycles. The van der Waals surface area contributed by atoms with E-state index < -0.39 is 5.97 Å². The quantitative estimate of drug-likeness (QED) is 0.906.